The third-order valence-electron chi connectivity index (χ3n) is 3.60. The second kappa shape index (κ2) is 7.23. The number of nitrogens with zero attached hydrogens (tertiary/aromatic N) is 2. The minimum absolute atomic E-state index is 0.0968. The van der Waals surface area contributed by atoms with Crippen molar-refractivity contribution in [1.29, 1.82) is 0 Å². The van der Waals surface area contributed by atoms with Gasteiger partial charge in [-0.1, -0.05) is 59.9 Å². The Hall–Kier alpha value is -0.130. The first-order valence-corrected chi connectivity index (χ1v) is 9.49. The maximum Gasteiger partial charge on any atom is 0.0521 e. The Morgan fingerprint density at radius 3 is 2.55 bits per heavy atom. The van der Waals surface area contributed by atoms with E-state index in [9.17, 15) is 0 Å². The molecule has 0 spiro atoms. The number of rotatable bonds is 6. The van der Waals surface area contributed by atoms with Gasteiger partial charge < -0.3 is 0 Å². The van der Waals surface area contributed by atoms with Gasteiger partial charge in [0.25, 0.3) is 0 Å². The number of aryl methyl sites for hydroxylation is 2. The van der Waals surface area contributed by atoms with E-state index in [0.29, 0.717) is 0 Å². The number of halogens is 3. The summed E-state index contributed by atoms with van der Waals surface area (Å²) in [6, 6.07) is 8.59. The van der Waals surface area contributed by atoms with E-state index in [1.165, 1.54) is 11.1 Å². The van der Waals surface area contributed by atoms with Crippen molar-refractivity contribution in [2.45, 2.75) is 18.3 Å². The smallest absolute Gasteiger partial charge is 0.0521 e. The molecule has 2 aromatic rings. The van der Waals surface area contributed by atoms with Crippen LogP contribution in [0.25, 0.3) is 0 Å². The molecule has 2 rings (SSSR count). The van der Waals surface area contributed by atoms with Crippen LogP contribution in [-0.2, 0) is 18.9 Å². The first-order chi connectivity index (χ1) is 9.59. The zero-order valence-electron chi connectivity index (χ0n) is 11.3. The lowest BCUT2D eigenvalue weighted by atomic mass is 9.80. The largest absolute Gasteiger partial charge is 0.276 e. The maximum absolute atomic E-state index is 4.24. The van der Waals surface area contributed by atoms with Gasteiger partial charge in [0.2, 0.25) is 0 Å². The molecule has 0 N–H and O–H groups in total. The normalized spacial score (nSPS) is 11.8. The maximum atomic E-state index is 4.24. The molecule has 1 aromatic carbocycles. The molecular formula is C15H17Br3N2. The molecule has 0 bridgehead atoms. The molecule has 0 unspecified atom stereocenters. The highest BCUT2D eigenvalue weighted by Gasteiger charge is 2.30. The van der Waals surface area contributed by atoms with Gasteiger partial charge >= 0.3 is 0 Å². The molecule has 0 aliphatic rings. The zero-order chi connectivity index (χ0) is 14.6. The molecule has 0 saturated carbocycles. The molecule has 5 heteroatoms. The molecule has 0 fully saturated rings. The van der Waals surface area contributed by atoms with Gasteiger partial charge in [0.15, 0.2) is 0 Å². The highest BCUT2D eigenvalue weighted by molar-refractivity contribution is 9.10. The number of hydrogen-bond donors (Lipinski definition) is 0. The monoisotopic (exact) mass is 462 g/mol. The van der Waals surface area contributed by atoms with E-state index in [1.807, 2.05) is 17.9 Å². The summed E-state index contributed by atoms with van der Waals surface area (Å²) in [7, 11) is 1.96. The van der Waals surface area contributed by atoms with Crippen LogP contribution in [0.15, 0.2) is 41.1 Å². The van der Waals surface area contributed by atoms with E-state index >= 15 is 0 Å². The van der Waals surface area contributed by atoms with Crippen molar-refractivity contribution in [3.8, 4) is 0 Å². The Labute approximate surface area is 145 Å². The molecule has 0 saturated heterocycles. The van der Waals surface area contributed by atoms with Crippen molar-refractivity contribution in [3.63, 3.8) is 0 Å². The van der Waals surface area contributed by atoms with Gasteiger partial charge in [-0.3, -0.25) is 4.68 Å². The van der Waals surface area contributed by atoms with E-state index in [4.69, 9.17) is 0 Å². The first-order valence-electron chi connectivity index (χ1n) is 6.45. The lowest BCUT2D eigenvalue weighted by Gasteiger charge is -2.31. The van der Waals surface area contributed by atoms with Crippen LogP contribution < -0.4 is 0 Å². The molecule has 108 valence electrons. The van der Waals surface area contributed by atoms with Crippen LogP contribution in [0, 0.1) is 0 Å². The summed E-state index contributed by atoms with van der Waals surface area (Å²) in [5.41, 5.74) is 2.73. The van der Waals surface area contributed by atoms with Crippen LogP contribution in [0.3, 0.4) is 0 Å². The second-order valence-corrected chi connectivity index (χ2v) is 7.12. The summed E-state index contributed by atoms with van der Waals surface area (Å²) in [4.78, 5) is 0. The molecule has 0 aliphatic heterocycles. The SMILES string of the molecule is Cn1cc(CCC(CBr)(CBr)c2cccc(Br)c2)cn1. The summed E-state index contributed by atoms with van der Waals surface area (Å²) in [5, 5.41) is 6.11. The predicted octanol–water partition coefficient (Wildman–Crippen LogP) is 4.84. The number of aromatic nitrogens is 2. The third kappa shape index (κ3) is 3.74. The van der Waals surface area contributed by atoms with Crippen LogP contribution in [0.2, 0.25) is 0 Å². The van der Waals surface area contributed by atoms with Crippen LogP contribution >= 0.6 is 47.8 Å². The molecule has 1 aromatic heterocycles. The third-order valence-corrected chi connectivity index (χ3v) is 6.24. The molecule has 1 heterocycles. The van der Waals surface area contributed by atoms with Crippen molar-refractivity contribution in [3.05, 3.63) is 52.3 Å². The summed E-state index contributed by atoms with van der Waals surface area (Å²) in [5.74, 6) is 0. The standard InChI is InChI=1S/C15H17Br3N2/c1-20-9-12(8-19-20)5-6-15(10-16,11-17)13-3-2-4-14(18)7-13/h2-4,7-9H,5-6,10-11H2,1H3. The summed E-state index contributed by atoms with van der Waals surface area (Å²) >= 11 is 11.0. The predicted molar refractivity (Wildman–Crippen MR) is 94.9 cm³/mol. The highest BCUT2D eigenvalue weighted by Crippen LogP contribution is 2.35. The minimum atomic E-state index is 0.0968. The van der Waals surface area contributed by atoms with Crippen LogP contribution in [0.5, 0.6) is 0 Å². The van der Waals surface area contributed by atoms with E-state index in [2.05, 4.69) is 83.4 Å². The van der Waals surface area contributed by atoms with Crippen molar-refractivity contribution in [1.82, 2.24) is 9.78 Å². The number of benzene rings is 1. The Morgan fingerprint density at radius 2 is 2.00 bits per heavy atom. The van der Waals surface area contributed by atoms with Gasteiger partial charge in [0, 0.05) is 33.8 Å². The van der Waals surface area contributed by atoms with E-state index in [1.54, 1.807) is 0 Å². The number of alkyl halides is 2. The van der Waals surface area contributed by atoms with Gasteiger partial charge in [-0.25, -0.2) is 0 Å². The van der Waals surface area contributed by atoms with E-state index < -0.39 is 0 Å². The lowest BCUT2D eigenvalue weighted by Crippen LogP contribution is -2.31. The Bertz CT molecular complexity index is 562. The zero-order valence-corrected chi connectivity index (χ0v) is 16.1. The molecule has 0 radical (unpaired) electrons. The van der Waals surface area contributed by atoms with Crippen LogP contribution in [0.1, 0.15) is 17.5 Å². The van der Waals surface area contributed by atoms with Gasteiger partial charge in [-0.05, 0) is 36.1 Å². The fourth-order valence-corrected chi connectivity index (χ4v) is 4.81. The van der Waals surface area contributed by atoms with Crippen molar-refractivity contribution < 1.29 is 0 Å². The molecule has 0 atom stereocenters. The average molecular weight is 465 g/mol. The van der Waals surface area contributed by atoms with Crippen molar-refractivity contribution in [2.75, 3.05) is 10.7 Å². The Balaban J connectivity index is 2.20. The molecule has 20 heavy (non-hydrogen) atoms. The second-order valence-electron chi connectivity index (χ2n) is 5.08. The minimum Gasteiger partial charge on any atom is -0.276 e. The first kappa shape index (κ1) is 16.2. The van der Waals surface area contributed by atoms with E-state index in [0.717, 1.165) is 28.0 Å². The summed E-state index contributed by atoms with van der Waals surface area (Å²) in [6.07, 6.45) is 6.14. The van der Waals surface area contributed by atoms with E-state index in [-0.39, 0.29) is 5.41 Å². The van der Waals surface area contributed by atoms with Crippen molar-refractivity contribution in [2.24, 2.45) is 7.05 Å². The Kier molecular flexibility index (Phi) is 5.87. The topological polar surface area (TPSA) is 17.8 Å². The molecule has 2 nitrogen and oxygen atoms in total. The van der Waals surface area contributed by atoms with Crippen LogP contribution in [0.4, 0.5) is 0 Å². The van der Waals surface area contributed by atoms with Gasteiger partial charge in [-0.15, -0.1) is 0 Å². The van der Waals surface area contributed by atoms with Crippen molar-refractivity contribution >= 4 is 47.8 Å². The fraction of sp³-hybridized carbons (Fsp3) is 0.400. The summed E-state index contributed by atoms with van der Waals surface area (Å²) in [6.45, 7) is 0. The average Bonchev–Trinajstić information content (AvgIpc) is 2.86. The highest BCUT2D eigenvalue weighted by atomic mass is 79.9. The quantitative estimate of drug-likeness (QED) is 0.559. The summed E-state index contributed by atoms with van der Waals surface area (Å²) < 4.78 is 2.99. The molecular weight excluding hydrogens is 448 g/mol. The molecule has 0 aliphatic carbocycles. The van der Waals surface area contributed by atoms with Gasteiger partial charge in [0.1, 0.15) is 0 Å². The lowest BCUT2D eigenvalue weighted by molar-refractivity contribution is 0.505. The Morgan fingerprint density at radius 1 is 1.25 bits per heavy atom. The van der Waals surface area contributed by atoms with Gasteiger partial charge in [0.05, 0.1) is 6.20 Å². The fourth-order valence-electron chi connectivity index (χ4n) is 2.27. The van der Waals surface area contributed by atoms with Gasteiger partial charge in [-0.2, -0.15) is 5.10 Å². The number of hydrogen-bond acceptors (Lipinski definition) is 1. The molecule has 0 amide bonds. The van der Waals surface area contributed by atoms with Crippen LogP contribution in [-0.4, -0.2) is 20.4 Å².